The van der Waals surface area contributed by atoms with Gasteiger partial charge in [0.15, 0.2) is 5.06 Å². The summed E-state index contributed by atoms with van der Waals surface area (Å²) in [4.78, 5) is 0. The first kappa shape index (κ1) is 20.5. The highest BCUT2D eigenvalue weighted by Gasteiger charge is 2.48. The highest BCUT2D eigenvalue weighted by atomic mass is 35.5. The summed E-state index contributed by atoms with van der Waals surface area (Å²) in [5.41, 5.74) is -0.104. The average Bonchev–Trinajstić information content (AvgIpc) is 2.55. The molecule has 2 aromatic rings. The number of benzene rings is 2. The zero-order valence-corrected chi connectivity index (χ0v) is 18.2. The van der Waals surface area contributed by atoms with Crippen LogP contribution in [0.15, 0.2) is 5.03 Å². The van der Waals surface area contributed by atoms with E-state index in [0.717, 1.165) is 0 Å². The normalized spacial score (nSPS) is 23.4. The number of rotatable bonds is 0. The van der Waals surface area contributed by atoms with Gasteiger partial charge >= 0.3 is 0 Å². The summed E-state index contributed by atoms with van der Waals surface area (Å²) >= 11 is 55.6. The molecule has 2 atom stereocenters. The minimum atomic E-state index is -2.26. The molecular weight excluding hydrogens is 519 g/mol. The smallest absolute Gasteiger partial charge is 0.188 e. The molecule has 2 aromatic carbocycles. The number of fused-ring (bicyclic) bond motifs is 2. The third-order valence-corrected chi connectivity index (χ3v) is 7.90. The van der Waals surface area contributed by atoms with Gasteiger partial charge in [-0.05, 0) is 0 Å². The van der Waals surface area contributed by atoms with Crippen LogP contribution in [0.1, 0.15) is 11.1 Å². The van der Waals surface area contributed by atoms with Gasteiger partial charge in [0.2, 0.25) is 0 Å². The Bertz CT molecular complexity index is 981. The van der Waals surface area contributed by atoms with Gasteiger partial charge in [0.05, 0.1) is 30.2 Å². The molecule has 0 aliphatic heterocycles. The standard InChI is InChI=1S/C14H3Cl9O2/c15-5-1-2(12(24)10(20)9(19)7(1)17)6(16)4-3(5)8(18)11(21)13(22)14(4,23)25/h13,24-25H. The first-order valence-electron chi connectivity index (χ1n) is 6.25. The van der Waals surface area contributed by atoms with E-state index in [0.29, 0.717) is 0 Å². The van der Waals surface area contributed by atoms with Crippen LogP contribution in [-0.4, -0.2) is 15.6 Å². The Balaban J connectivity index is 2.69. The molecule has 1 aliphatic rings. The molecule has 0 aromatic heterocycles. The fourth-order valence-electron chi connectivity index (χ4n) is 2.60. The van der Waals surface area contributed by atoms with Crippen LogP contribution < -0.4 is 0 Å². The van der Waals surface area contributed by atoms with Gasteiger partial charge in [0.25, 0.3) is 0 Å². The van der Waals surface area contributed by atoms with Gasteiger partial charge in [-0.15, -0.1) is 11.6 Å². The molecule has 134 valence electrons. The maximum atomic E-state index is 10.7. The van der Waals surface area contributed by atoms with Crippen molar-refractivity contribution in [2.45, 2.75) is 10.4 Å². The third kappa shape index (κ3) is 2.73. The summed E-state index contributed by atoms with van der Waals surface area (Å²) in [6.07, 6.45) is 0. The first-order chi connectivity index (χ1) is 11.4. The minimum Gasteiger partial charge on any atom is -0.506 e. The van der Waals surface area contributed by atoms with Crippen molar-refractivity contribution >= 4 is 120 Å². The molecule has 11 heteroatoms. The van der Waals surface area contributed by atoms with Crippen molar-refractivity contribution in [3.63, 3.8) is 0 Å². The van der Waals surface area contributed by atoms with Gasteiger partial charge < -0.3 is 10.2 Å². The van der Waals surface area contributed by atoms with Gasteiger partial charge in [-0.2, -0.15) is 0 Å². The van der Waals surface area contributed by atoms with E-state index in [1.165, 1.54) is 0 Å². The zero-order valence-electron chi connectivity index (χ0n) is 11.4. The highest BCUT2D eigenvalue weighted by molar-refractivity contribution is 6.61. The van der Waals surface area contributed by atoms with E-state index < -0.39 is 16.2 Å². The van der Waals surface area contributed by atoms with E-state index in [2.05, 4.69) is 0 Å². The van der Waals surface area contributed by atoms with Crippen molar-refractivity contribution in [3.8, 4) is 5.75 Å². The molecule has 0 saturated carbocycles. The number of aliphatic hydroxyl groups is 1. The fourth-order valence-corrected chi connectivity index (χ4v) is 5.43. The van der Waals surface area contributed by atoms with Crippen LogP contribution in [-0.2, 0) is 5.06 Å². The average molecular weight is 522 g/mol. The molecule has 0 spiro atoms. The number of aromatic hydroxyl groups is 1. The summed E-state index contributed by atoms with van der Waals surface area (Å²) in [7, 11) is 0. The summed E-state index contributed by atoms with van der Waals surface area (Å²) in [6.45, 7) is 0. The Morgan fingerprint density at radius 1 is 0.760 bits per heavy atom. The molecule has 2 unspecified atom stereocenters. The van der Waals surface area contributed by atoms with E-state index >= 15 is 0 Å². The van der Waals surface area contributed by atoms with E-state index in [1.54, 1.807) is 0 Å². The van der Waals surface area contributed by atoms with Gasteiger partial charge in [-0.25, -0.2) is 0 Å². The van der Waals surface area contributed by atoms with Crippen molar-refractivity contribution in [1.82, 2.24) is 0 Å². The first-order valence-corrected chi connectivity index (χ1v) is 9.71. The van der Waals surface area contributed by atoms with Gasteiger partial charge in [0, 0.05) is 21.9 Å². The maximum Gasteiger partial charge on any atom is 0.188 e. The number of phenols is 1. The second-order valence-corrected chi connectivity index (χ2v) is 8.80. The van der Waals surface area contributed by atoms with Gasteiger partial charge in [-0.1, -0.05) is 92.8 Å². The Labute approximate surface area is 186 Å². The number of hydrogen-bond acceptors (Lipinski definition) is 2. The highest BCUT2D eigenvalue weighted by Crippen LogP contribution is 2.59. The van der Waals surface area contributed by atoms with Crippen LogP contribution in [0.2, 0.25) is 25.1 Å². The maximum absolute atomic E-state index is 10.7. The van der Waals surface area contributed by atoms with Crippen LogP contribution in [0.5, 0.6) is 5.75 Å². The topological polar surface area (TPSA) is 40.5 Å². The molecule has 0 heterocycles. The molecule has 0 fully saturated rings. The molecule has 2 nitrogen and oxygen atoms in total. The molecule has 3 rings (SSSR count). The second kappa shape index (κ2) is 6.70. The van der Waals surface area contributed by atoms with Crippen LogP contribution >= 0.6 is 104 Å². The number of alkyl halides is 2. The zero-order chi connectivity index (χ0) is 19.0. The molecule has 2 N–H and O–H groups in total. The van der Waals surface area contributed by atoms with E-state index in [1.807, 2.05) is 0 Å². The second-order valence-electron chi connectivity index (χ2n) is 5.12. The van der Waals surface area contributed by atoms with Crippen LogP contribution in [0.4, 0.5) is 0 Å². The number of halogens is 9. The lowest BCUT2D eigenvalue weighted by atomic mass is 9.89. The minimum absolute atomic E-state index is 0.0277. The number of phenolic OH excluding ortho intramolecular Hbond substituents is 1. The lowest BCUT2D eigenvalue weighted by Gasteiger charge is -2.35. The molecule has 25 heavy (non-hydrogen) atoms. The summed E-state index contributed by atoms with van der Waals surface area (Å²) < 4.78 is 0. The fraction of sp³-hybridized carbons (Fsp3) is 0.143. The van der Waals surface area contributed by atoms with E-state index in [-0.39, 0.29) is 57.1 Å². The predicted octanol–water partition coefficient (Wildman–Crippen LogP) is 7.96. The van der Waals surface area contributed by atoms with Crippen LogP contribution in [0.3, 0.4) is 0 Å². The Kier molecular flexibility index (Phi) is 5.51. The molecule has 0 amide bonds. The van der Waals surface area contributed by atoms with Gasteiger partial charge in [0.1, 0.15) is 16.1 Å². The SMILES string of the molecule is Oc1c(Cl)c(Cl)c(Cl)c2c(Cl)c3c(c(Cl)c12)C(O)(Cl)C(Cl)C(Cl)=C3Cl. The molecule has 0 saturated heterocycles. The Morgan fingerprint density at radius 3 is 1.88 bits per heavy atom. The van der Waals surface area contributed by atoms with Gasteiger partial charge in [-0.3, -0.25) is 0 Å². The summed E-state index contributed by atoms with van der Waals surface area (Å²) in [6, 6.07) is 0. The van der Waals surface area contributed by atoms with E-state index in [9.17, 15) is 10.2 Å². The Hall–Kier alpha value is 0.810. The molecule has 0 radical (unpaired) electrons. The quantitative estimate of drug-likeness (QED) is 0.272. The lowest BCUT2D eigenvalue weighted by Crippen LogP contribution is -2.35. The van der Waals surface area contributed by atoms with E-state index in [4.69, 9.17) is 104 Å². The third-order valence-electron chi connectivity index (χ3n) is 3.77. The summed E-state index contributed by atoms with van der Waals surface area (Å²) in [5, 5.41) is 16.6. The van der Waals surface area contributed by atoms with Crippen molar-refractivity contribution in [1.29, 1.82) is 0 Å². The van der Waals surface area contributed by atoms with Crippen molar-refractivity contribution in [3.05, 3.63) is 41.3 Å². The Morgan fingerprint density at radius 2 is 1.32 bits per heavy atom. The predicted molar refractivity (Wildman–Crippen MR) is 109 cm³/mol. The molecular formula is C14H3Cl9O2. The van der Waals surface area contributed by atoms with Crippen molar-refractivity contribution in [2.75, 3.05) is 0 Å². The summed E-state index contributed by atoms with van der Waals surface area (Å²) in [5.74, 6) is -0.490. The largest absolute Gasteiger partial charge is 0.506 e. The van der Waals surface area contributed by atoms with Crippen molar-refractivity contribution < 1.29 is 10.2 Å². The van der Waals surface area contributed by atoms with Crippen LogP contribution in [0.25, 0.3) is 15.8 Å². The molecule has 0 bridgehead atoms. The molecule has 1 aliphatic carbocycles. The lowest BCUT2D eigenvalue weighted by molar-refractivity contribution is 0.133. The number of hydrogen-bond donors (Lipinski definition) is 2. The van der Waals surface area contributed by atoms with Crippen LogP contribution in [0, 0.1) is 0 Å². The monoisotopic (exact) mass is 518 g/mol. The van der Waals surface area contributed by atoms with Crippen molar-refractivity contribution in [2.24, 2.45) is 0 Å².